The number of hydrogen-bond acceptors (Lipinski definition) is 7. The Bertz CT molecular complexity index is 1150. The van der Waals surface area contributed by atoms with Crippen molar-refractivity contribution in [3.8, 4) is 11.5 Å². The number of ether oxygens (including phenoxy) is 2. The highest BCUT2D eigenvalue weighted by Crippen LogP contribution is 2.23. The van der Waals surface area contributed by atoms with Crippen molar-refractivity contribution in [2.24, 2.45) is 0 Å². The van der Waals surface area contributed by atoms with Crippen LogP contribution in [-0.2, 0) is 19.0 Å². The summed E-state index contributed by atoms with van der Waals surface area (Å²) in [6.45, 7) is 5.03. The summed E-state index contributed by atoms with van der Waals surface area (Å²) in [7, 11) is 0. The number of pyridine rings is 1. The number of hydrogen-bond donors (Lipinski definition) is 1. The minimum atomic E-state index is 0.257. The molecule has 7 nitrogen and oxygen atoms in total. The average molecular weight is 462 g/mol. The van der Waals surface area contributed by atoms with E-state index in [4.69, 9.17) is 15.3 Å². The van der Waals surface area contributed by atoms with Crippen LogP contribution in [-0.4, -0.2) is 19.9 Å². The second-order valence-corrected chi connectivity index (χ2v) is 8.77. The number of nitrogens with zero attached hydrogens (tertiary/aromatic N) is 4. The Balaban J connectivity index is 1.26. The van der Waals surface area contributed by atoms with E-state index in [1.54, 1.807) is 6.20 Å². The zero-order valence-corrected chi connectivity index (χ0v) is 19.5. The molecule has 170 valence electrons. The number of nitrogens with two attached hydrogens (primary N) is 1. The van der Waals surface area contributed by atoms with E-state index in [1.165, 1.54) is 22.0 Å². The molecule has 0 atom stereocenters. The first-order valence-corrected chi connectivity index (χ1v) is 11.7. The van der Waals surface area contributed by atoms with E-state index in [0.717, 1.165) is 22.8 Å². The Morgan fingerprint density at radius 3 is 2.24 bits per heavy atom. The predicted molar refractivity (Wildman–Crippen MR) is 130 cm³/mol. The topological polar surface area (TPSA) is 88.1 Å². The van der Waals surface area contributed by atoms with Gasteiger partial charge in [-0.2, -0.15) is 0 Å². The summed E-state index contributed by atoms with van der Waals surface area (Å²) in [4.78, 5) is 4.26. The van der Waals surface area contributed by atoms with Crippen LogP contribution < -0.4 is 15.3 Å². The molecule has 0 amide bonds. The van der Waals surface area contributed by atoms with E-state index in [0.29, 0.717) is 29.3 Å². The van der Waals surface area contributed by atoms with Crippen LogP contribution in [0.1, 0.15) is 42.4 Å². The lowest BCUT2D eigenvalue weighted by Crippen LogP contribution is -2.15. The lowest BCUT2D eigenvalue weighted by Gasteiger charge is -2.09. The van der Waals surface area contributed by atoms with Crippen LogP contribution in [0, 0.1) is 0 Å². The smallest absolute Gasteiger partial charge is 0.210 e. The van der Waals surface area contributed by atoms with Gasteiger partial charge < -0.3 is 15.3 Å². The van der Waals surface area contributed by atoms with Crippen molar-refractivity contribution in [1.29, 1.82) is 0 Å². The third-order valence-corrected chi connectivity index (χ3v) is 6.07. The van der Waals surface area contributed by atoms with E-state index < -0.39 is 0 Å². The molecule has 2 aromatic carbocycles. The SMILES string of the molecule is CC(C)c1ccc(OCc2nnc(SCc3ccc(OCc4ccccn4)cc3)n2N)cc1. The van der Waals surface area contributed by atoms with Crippen molar-refractivity contribution >= 4 is 11.8 Å². The Morgan fingerprint density at radius 2 is 1.58 bits per heavy atom. The molecular weight excluding hydrogens is 434 g/mol. The van der Waals surface area contributed by atoms with Crippen LogP contribution in [0.2, 0.25) is 0 Å². The maximum atomic E-state index is 6.18. The minimum Gasteiger partial charge on any atom is -0.487 e. The van der Waals surface area contributed by atoms with Gasteiger partial charge in [-0.15, -0.1) is 10.2 Å². The molecule has 0 bridgehead atoms. The second kappa shape index (κ2) is 10.9. The molecule has 0 saturated heterocycles. The molecule has 0 aliphatic carbocycles. The maximum Gasteiger partial charge on any atom is 0.210 e. The van der Waals surface area contributed by atoms with E-state index in [-0.39, 0.29) is 6.61 Å². The Kier molecular flexibility index (Phi) is 7.47. The molecular formula is C25H27N5O2S. The fourth-order valence-electron chi connectivity index (χ4n) is 3.07. The van der Waals surface area contributed by atoms with Crippen molar-refractivity contribution < 1.29 is 9.47 Å². The van der Waals surface area contributed by atoms with E-state index in [1.807, 2.05) is 54.6 Å². The molecule has 0 spiro atoms. The van der Waals surface area contributed by atoms with Gasteiger partial charge in [-0.3, -0.25) is 4.98 Å². The van der Waals surface area contributed by atoms with Crippen molar-refractivity contribution in [3.05, 3.63) is 95.6 Å². The molecule has 0 radical (unpaired) electrons. The summed E-state index contributed by atoms with van der Waals surface area (Å²) >= 11 is 1.52. The predicted octanol–water partition coefficient (Wildman–Crippen LogP) is 4.96. The molecule has 0 aliphatic rings. The highest BCUT2D eigenvalue weighted by Gasteiger charge is 2.11. The highest BCUT2D eigenvalue weighted by atomic mass is 32.2. The molecule has 0 unspecified atom stereocenters. The standard InChI is InChI=1S/C25H27N5O2S/c1-18(2)20-8-12-23(13-9-20)32-16-24-28-29-25(30(24)26)33-17-19-6-10-22(11-7-19)31-15-21-5-3-4-14-27-21/h3-14,18H,15-17,26H2,1-2H3. The summed E-state index contributed by atoms with van der Waals surface area (Å²) in [5, 5.41) is 9.01. The largest absolute Gasteiger partial charge is 0.487 e. The first-order valence-electron chi connectivity index (χ1n) is 10.7. The van der Waals surface area contributed by atoms with Crippen LogP contribution in [0.15, 0.2) is 78.1 Å². The normalized spacial score (nSPS) is 11.0. The summed E-state index contributed by atoms with van der Waals surface area (Å²) in [5.41, 5.74) is 3.30. The minimum absolute atomic E-state index is 0.257. The fraction of sp³-hybridized carbons (Fsp3) is 0.240. The van der Waals surface area contributed by atoms with Crippen LogP contribution in [0.5, 0.6) is 11.5 Å². The summed E-state index contributed by atoms with van der Waals surface area (Å²) < 4.78 is 13.1. The molecule has 4 rings (SSSR count). The maximum absolute atomic E-state index is 6.18. The van der Waals surface area contributed by atoms with Crippen molar-refractivity contribution in [1.82, 2.24) is 19.9 Å². The van der Waals surface area contributed by atoms with Crippen LogP contribution in [0.4, 0.5) is 0 Å². The fourth-order valence-corrected chi connectivity index (χ4v) is 3.90. The molecule has 0 fully saturated rings. The van der Waals surface area contributed by atoms with Crippen molar-refractivity contribution in [3.63, 3.8) is 0 Å². The summed E-state index contributed by atoms with van der Waals surface area (Å²) in [5.74, 6) is 9.54. The third-order valence-electron chi connectivity index (χ3n) is 5.05. The van der Waals surface area contributed by atoms with Crippen molar-refractivity contribution in [2.45, 2.75) is 43.9 Å². The van der Waals surface area contributed by atoms with Gasteiger partial charge in [0, 0.05) is 11.9 Å². The van der Waals surface area contributed by atoms with Gasteiger partial charge in [0.2, 0.25) is 5.16 Å². The summed E-state index contributed by atoms with van der Waals surface area (Å²) in [6.07, 6.45) is 1.76. The highest BCUT2D eigenvalue weighted by molar-refractivity contribution is 7.98. The number of rotatable bonds is 10. The molecule has 8 heteroatoms. The molecule has 0 aliphatic heterocycles. The molecule has 4 aromatic rings. The lowest BCUT2D eigenvalue weighted by atomic mass is 10.0. The third kappa shape index (κ3) is 6.26. The van der Waals surface area contributed by atoms with Gasteiger partial charge in [0.1, 0.15) is 24.7 Å². The van der Waals surface area contributed by atoms with Crippen molar-refractivity contribution in [2.75, 3.05) is 5.84 Å². The molecule has 2 N–H and O–H groups in total. The molecule has 2 aromatic heterocycles. The van der Waals surface area contributed by atoms with Gasteiger partial charge in [0.25, 0.3) is 0 Å². The van der Waals surface area contributed by atoms with Crippen LogP contribution in [0.25, 0.3) is 0 Å². The van der Waals surface area contributed by atoms with Gasteiger partial charge in [-0.1, -0.05) is 55.9 Å². The molecule has 2 heterocycles. The first-order chi connectivity index (χ1) is 16.1. The quantitative estimate of drug-likeness (QED) is 0.264. The van der Waals surface area contributed by atoms with Gasteiger partial charge in [-0.05, 0) is 53.4 Å². The lowest BCUT2D eigenvalue weighted by molar-refractivity contribution is 0.291. The number of thioether (sulfide) groups is 1. The van der Waals surface area contributed by atoms with Gasteiger partial charge in [0.15, 0.2) is 5.82 Å². The van der Waals surface area contributed by atoms with E-state index in [2.05, 4.69) is 41.2 Å². The zero-order chi connectivity index (χ0) is 23.0. The van der Waals surface area contributed by atoms with Gasteiger partial charge in [-0.25, -0.2) is 4.68 Å². The number of nitrogen functional groups attached to an aromatic ring is 1. The number of aromatic nitrogens is 4. The number of benzene rings is 2. The monoisotopic (exact) mass is 461 g/mol. The molecule has 0 saturated carbocycles. The Morgan fingerprint density at radius 1 is 0.879 bits per heavy atom. The van der Waals surface area contributed by atoms with Crippen LogP contribution in [0.3, 0.4) is 0 Å². The zero-order valence-electron chi connectivity index (χ0n) is 18.7. The second-order valence-electron chi connectivity index (χ2n) is 7.82. The molecule has 33 heavy (non-hydrogen) atoms. The van der Waals surface area contributed by atoms with Crippen LogP contribution >= 0.6 is 11.8 Å². The Hall–Kier alpha value is -3.52. The van der Waals surface area contributed by atoms with Gasteiger partial charge in [0.05, 0.1) is 5.69 Å². The van der Waals surface area contributed by atoms with E-state index in [9.17, 15) is 0 Å². The summed E-state index contributed by atoms with van der Waals surface area (Å²) in [6, 6.07) is 21.8. The average Bonchev–Trinajstić information content (AvgIpc) is 3.20. The first kappa shape index (κ1) is 22.7. The van der Waals surface area contributed by atoms with Gasteiger partial charge >= 0.3 is 0 Å². The van der Waals surface area contributed by atoms with E-state index >= 15 is 0 Å². The Labute approximate surface area is 197 Å².